The van der Waals surface area contributed by atoms with Gasteiger partial charge in [0.15, 0.2) is 0 Å². The molecule has 0 unspecified atom stereocenters. The zero-order valence-corrected chi connectivity index (χ0v) is 14.1. The maximum absolute atomic E-state index is 12.6. The topological polar surface area (TPSA) is 67.0 Å². The van der Waals surface area contributed by atoms with Crippen LogP contribution in [0.15, 0.2) is 54.7 Å². The van der Waals surface area contributed by atoms with Crippen LogP contribution in [0.2, 0.25) is 5.02 Å². The molecular weight excluding hydrogens is 338 g/mol. The van der Waals surface area contributed by atoms with Crippen molar-refractivity contribution in [1.29, 1.82) is 0 Å². The van der Waals surface area contributed by atoms with Crippen LogP contribution in [0, 0.1) is 0 Å². The number of nitrogens with zero attached hydrogens (tertiary/aromatic N) is 1. The molecule has 1 aromatic heterocycles. The highest BCUT2D eigenvalue weighted by Crippen LogP contribution is 2.31. The summed E-state index contributed by atoms with van der Waals surface area (Å²) in [7, 11) is 0. The van der Waals surface area contributed by atoms with Crippen molar-refractivity contribution < 1.29 is 9.53 Å². The Morgan fingerprint density at radius 1 is 1.20 bits per heavy atom. The highest BCUT2D eigenvalue weighted by Gasteiger charge is 2.23. The van der Waals surface area contributed by atoms with Crippen molar-refractivity contribution in [3.8, 4) is 17.1 Å². The molecule has 3 aromatic rings. The molecule has 0 radical (unpaired) electrons. The number of para-hydroxylation sites is 1. The minimum atomic E-state index is -0.186. The lowest BCUT2D eigenvalue weighted by molar-refractivity contribution is 0.0920. The van der Waals surface area contributed by atoms with Crippen molar-refractivity contribution in [3.05, 3.63) is 71.0 Å². The Labute approximate surface area is 150 Å². The molecule has 0 aliphatic carbocycles. The SMILES string of the molecule is O=C(N[C@H]1CCOc2ccccc21)c1cnc(-c2ccc(Cl)cc2)[nH]1. The van der Waals surface area contributed by atoms with Gasteiger partial charge >= 0.3 is 0 Å². The molecule has 25 heavy (non-hydrogen) atoms. The van der Waals surface area contributed by atoms with E-state index in [1.165, 1.54) is 0 Å². The van der Waals surface area contributed by atoms with E-state index in [1.807, 2.05) is 36.4 Å². The average molecular weight is 354 g/mol. The minimum Gasteiger partial charge on any atom is -0.493 e. The Hall–Kier alpha value is -2.79. The molecule has 126 valence electrons. The van der Waals surface area contributed by atoms with Crippen molar-refractivity contribution in [2.75, 3.05) is 6.61 Å². The second kappa shape index (κ2) is 6.61. The number of H-pyrrole nitrogens is 1. The maximum Gasteiger partial charge on any atom is 0.269 e. The normalized spacial score (nSPS) is 16.0. The van der Waals surface area contributed by atoms with E-state index in [9.17, 15) is 4.79 Å². The lowest BCUT2D eigenvalue weighted by Crippen LogP contribution is -2.32. The van der Waals surface area contributed by atoms with Gasteiger partial charge in [0.05, 0.1) is 18.8 Å². The van der Waals surface area contributed by atoms with Crippen LogP contribution in [-0.4, -0.2) is 22.5 Å². The van der Waals surface area contributed by atoms with Gasteiger partial charge in [-0.3, -0.25) is 4.79 Å². The monoisotopic (exact) mass is 353 g/mol. The van der Waals surface area contributed by atoms with Crippen LogP contribution in [0.4, 0.5) is 0 Å². The Bertz CT molecular complexity index is 905. The summed E-state index contributed by atoms with van der Waals surface area (Å²) < 4.78 is 5.63. The first-order valence-electron chi connectivity index (χ1n) is 8.04. The first kappa shape index (κ1) is 15.7. The number of nitrogens with one attached hydrogen (secondary N) is 2. The summed E-state index contributed by atoms with van der Waals surface area (Å²) in [6.07, 6.45) is 2.28. The number of imidazole rings is 1. The average Bonchev–Trinajstić information content (AvgIpc) is 3.13. The number of carbonyl (C=O) groups is 1. The maximum atomic E-state index is 12.6. The van der Waals surface area contributed by atoms with Crippen LogP contribution in [0.25, 0.3) is 11.4 Å². The largest absolute Gasteiger partial charge is 0.493 e. The van der Waals surface area contributed by atoms with Crippen molar-refractivity contribution >= 4 is 17.5 Å². The number of ether oxygens (including phenoxy) is 1. The minimum absolute atomic E-state index is 0.0697. The molecule has 1 aliphatic heterocycles. The van der Waals surface area contributed by atoms with E-state index in [-0.39, 0.29) is 11.9 Å². The molecule has 1 aliphatic rings. The Kier molecular flexibility index (Phi) is 4.15. The molecule has 2 heterocycles. The molecule has 5 nitrogen and oxygen atoms in total. The molecule has 0 spiro atoms. The fraction of sp³-hybridized carbons (Fsp3) is 0.158. The third-order valence-electron chi connectivity index (χ3n) is 4.20. The van der Waals surface area contributed by atoms with Gasteiger partial charge < -0.3 is 15.0 Å². The molecule has 4 rings (SSSR count). The lowest BCUT2D eigenvalue weighted by atomic mass is 10.0. The standard InChI is InChI=1S/C19H16ClN3O2/c20-13-7-5-12(6-8-13)18-21-11-16(22-18)19(24)23-15-9-10-25-17-4-2-1-3-14(15)17/h1-8,11,15H,9-10H2,(H,21,22)(H,23,24)/t15-/m0/s1. The van der Waals surface area contributed by atoms with E-state index in [0.717, 1.165) is 23.3 Å². The van der Waals surface area contributed by atoms with E-state index < -0.39 is 0 Å². The van der Waals surface area contributed by atoms with Gasteiger partial charge in [0.1, 0.15) is 17.3 Å². The van der Waals surface area contributed by atoms with Gasteiger partial charge in [-0.1, -0.05) is 29.8 Å². The van der Waals surface area contributed by atoms with Crippen LogP contribution >= 0.6 is 11.6 Å². The van der Waals surface area contributed by atoms with E-state index in [4.69, 9.17) is 16.3 Å². The van der Waals surface area contributed by atoms with Crippen LogP contribution in [0.3, 0.4) is 0 Å². The van der Waals surface area contributed by atoms with Crippen LogP contribution in [0.5, 0.6) is 5.75 Å². The van der Waals surface area contributed by atoms with Crippen molar-refractivity contribution in [2.24, 2.45) is 0 Å². The number of fused-ring (bicyclic) bond motifs is 1. The Balaban J connectivity index is 1.52. The van der Waals surface area contributed by atoms with Gasteiger partial charge in [-0.2, -0.15) is 0 Å². The number of benzene rings is 2. The number of amides is 1. The molecule has 0 saturated heterocycles. The molecule has 2 aromatic carbocycles. The number of rotatable bonds is 3. The number of carbonyl (C=O) groups excluding carboxylic acids is 1. The van der Waals surface area contributed by atoms with Crippen molar-refractivity contribution in [1.82, 2.24) is 15.3 Å². The van der Waals surface area contributed by atoms with Gasteiger partial charge in [0, 0.05) is 22.6 Å². The quantitative estimate of drug-likeness (QED) is 0.748. The van der Waals surface area contributed by atoms with Crippen LogP contribution < -0.4 is 10.1 Å². The number of aromatic amines is 1. The summed E-state index contributed by atoms with van der Waals surface area (Å²) in [6.45, 7) is 0.584. The predicted octanol–water partition coefficient (Wildman–Crippen LogP) is 3.98. The second-order valence-corrected chi connectivity index (χ2v) is 6.29. The van der Waals surface area contributed by atoms with E-state index in [0.29, 0.717) is 23.1 Å². The molecule has 2 N–H and O–H groups in total. The number of aromatic nitrogens is 2. The highest BCUT2D eigenvalue weighted by molar-refractivity contribution is 6.30. The molecule has 6 heteroatoms. The molecule has 0 bridgehead atoms. The van der Waals surface area contributed by atoms with Crippen LogP contribution in [-0.2, 0) is 0 Å². The fourth-order valence-electron chi connectivity index (χ4n) is 2.92. The van der Waals surface area contributed by atoms with Gasteiger partial charge in [0.25, 0.3) is 5.91 Å². The number of hydrogen-bond donors (Lipinski definition) is 2. The Morgan fingerprint density at radius 3 is 2.84 bits per heavy atom. The summed E-state index contributed by atoms with van der Waals surface area (Å²) in [5, 5.41) is 3.71. The highest BCUT2D eigenvalue weighted by atomic mass is 35.5. The van der Waals surface area contributed by atoms with E-state index >= 15 is 0 Å². The van der Waals surface area contributed by atoms with Gasteiger partial charge in [0.2, 0.25) is 0 Å². The fourth-order valence-corrected chi connectivity index (χ4v) is 3.05. The Morgan fingerprint density at radius 2 is 2.00 bits per heavy atom. The summed E-state index contributed by atoms with van der Waals surface area (Å²) >= 11 is 5.90. The summed E-state index contributed by atoms with van der Waals surface area (Å²) in [5.41, 5.74) is 2.30. The van der Waals surface area contributed by atoms with E-state index in [1.54, 1.807) is 18.3 Å². The summed E-state index contributed by atoms with van der Waals surface area (Å²) in [6, 6.07) is 15.0. The number of hydrogen-bond acceptors (Lipinski definition) is 3. The van der Waals surface area contributed by atoms with Gasteiger partial charge in [-0.25, -0.2) is 4.98 Å². The van der Waals surface area contributed by atoms with Crippen LogP contribution in [0.1, 0.15) is 28.5 Å². The zero-order chi connectivity index (χ0) is 17.2. The zero-order valence-electron chi connectivity index (χ0n) is 13.3. The smallest absolute Gasteiger partial charge is 0.269 e. The van der Waals surface area contributed by atoms with Crippen molar-refractivity contribution in [3.63, 3.8) is 0 Å². The van der Waals surface area contributed by atoms with Gasteiger partial charge in [-0.15, -0.1) is 0 Å². The van der Waals surface area contributed by atoms with Crippen molar-refractivity contribution in [2.45, 2.75) is 12.5 Å². The predicted molar refractivity (Wildman–Crippen MR) is 95.8 cm³/mol. The first-order chi connectivity index (χ1) is 12.2. The second-order valence-electron chi connectivity index (χ2n) is 5.85. The molecular formula is C19H16ClN3O2. The van der Waals surface area contributed by atoms with Gasteiger partial charge in [-0.05, 0) is 30.3 Å². The third-order valence-corrected chi connectivity index (χ3v) is 4.45. The van der Waals surface area contributed by atoms with E-state index in [2.05, 4.69) is 15.3 Å². The molecule has 1 atom stereocenters. The molecule has 0 saturated carbocycles. The number of halogens is 1. The molecule has 1 amide bonds. The molecule has 0 fully saturated rings. The lowest BCUT2D eigenvalue weighted by Gasteiger charge is -2.26. The third kappa shape index (κ3) is 3.23. The summed E-state index contributed by atoms with van der Waals surface area (Å²) in [5.74, 6) is 1.27. The first-order valence-corrected chi connectivity index (χ1v) is 8.42. The summed E-state index contributed by atoms with van der Waals surface area (Å²) in [4.78, 5) is 19.9.